The Bertz CT molecular complexity index is 148. The average Bonchev–Trinajstić information content (AvgIpc) is 2.83. The monoisotopic (exact) mass is 154 g/mol. The Labute approximate surface area is 68.7 Å². The summed E-state index contributed by atoms with van der Waals surface area (Å²) >= 11 is 0. The Balaban J connectivity index is 1.98. The van der Waals surface area contributed by atoms with Gasteiger partial charge in [-0.05, 0) is 32.2 Å². The van der Waals surface area contributed by atoms with Gasteiger partial charge in [-0.25, -0.2) is 0 Å². The van der Waals surface area contributed by atoms with Crippen LogP contribution in [0.25, 0.3) is 0 Å². The third-order valence-electron chi connectivity index (χ3n) is 3.14. The van der Waals surface area contributed by atoms with E-state index in [9.17, 15) is 0 Å². The van der Waals surface area contributed by atoms with Crippen molar-refractivity contribution in [1.29, 1.82) is 0 Å². The van der Waals surface area contributed by atoms with Crippen LogP contribution in [0.5, 0.6) is 0 Å². The fourth-order valence-electron chi connectivity index (χ4n) is 2.12. The molecule has 2 saturated carbocycles. The molecule has 2 aliphatic rings. The van der Waals surface area contributed by atoms with Crippen molar-refractivity contribution in [1.82, 2.24) is 4.90 Å². The van der Waals surface area contributed by atoms with Gasteiger partial charge in [0.05, 0.1) is 0 Å². The highest BCUT2D eigenvalue weighted by atomic mass is 15.3. The predicted octanol–water partition coefficient (Wildman–Crippen LogP) is 0.962. The molecule has 0 unspecified atom stereocenters. The maximum atomic E-state index is 5.77. The van der Waals surface area contributed by atoms with E-state index in [1.165, 1.54) is 32.2 Å². The van der Waals surface area contributed by atoms with Gasteiger partial charge in [-0.3, -0.25) is 4.90 Å². The molecule has 11 heavy (non-hydrogen) atoms. The highest BCUT2D eigenvalue weighted by molar-refractivity contribution is 5.08. The van der Waals surface area contributed by atoms with Crippen LogP contribution in [0.1, 0.15) is 32.6 Å². The van der Waals surface area contributed by atoms with E-state index in [0.29, 0.717) is 5.54 Å². The van der Waals surface area contributed by atoms with E-state index in [2.05, 4.69) is 11.8 Å². The van der Waals surface area contributed by atoms with Gasteiger partial charge in [0.25, 0.3) is 0 Å². The molecule has 0 radical (unpaired) electrons. The summed E-state index contributed by atoms with van der Waals surface area (Å²) < 4.78 is 0. The van der Waals surface area contributed by atoms with Crippen LogP contribution in [-0.2, 0) is 0 Å². The van der Waals surface area contributed by atoms with Gasteiger partial charge in [0.2, 0.25) is 0 Å². The molecule has 0 aromatic carbocycles. The third kappa shape index (κ3) is 1.18. The molecule has 64 valence electrons. The number of hydrogen-bond donors (Lipinski definition) is 1. The Hall–Kier alpha value is -0.0800. The van der Waals surface area contributed by atoms with Crippen LogP contribution >= 0.6 is 0 Å². The molecule has 2 rings (SSSR count). The summed E-state index contributed by atoms with van der Waals surface area (Å²) in [5.41, 5.74) is 6.22. The highest BCUT2D eigenvalue weighted by Gasteiger charge is 2.50. The largest absolute Gasteiger partial charge is 0.329 e. The summed E-state index contributed by atoms with van der Waals surface area (Å²) in [4.78, 5) is 2.63. The fourth-order valence-corrected chi connectivity index (χ4v) is 2.12. The topological polar surface area (TPSA) is 29.3 Å². The summed E-state index contributed by atoms with van der Waals surface area (Å²) in [5, 5.41) is 0. The second-order valence-electron chi connectivity index (χ2n) is 3.95. The molecule has 0 aromatic heterocycles. The van der Waals surface area contributed by atoms with Crippen LogP contribution in [0.4, 0.5) is 0 Å². The number of hydrogen-bond acceptors (Lipinski definition) is 2. The van der Waals surface area contributed by atoms with E-state index in [4.69, 9.17) is 5.73 Å². The summed E-state index contributed by atoms with van der Waals surface area (Å²) in [5.74, 6) is 0. The van der Waals surface area contributed by atoms with Crippen LogP contribution in [0, 0.1) is 0 Å². The van der Waals surface area contributed by atoms with Crippen molar-refractivity contribution in [3.8, 4) is 0 Å². The highest BCUT2D eigenvalue weighted by Crippen LogP contribution is 2.46. The molecule has 0 bridgehead atoms. The molecule has 0 aliphatic heterocycles. The summed E-state index contributed by atoms with van der Waals surface area (Å²) in [6.45, 7) is 4.33. The smallest absolute Gasteiger partial charge is 0.0335 e. The molecule has 0 aromatic rings. The van der Waals surface area contributed by atoms with Crippen molar-refractivity contribution in [3.63, 3.8) is 0 Å². The average molecular weight is 154 g/mol. The number of nitrogens with zero attached hydrogens (tertiary/aromatic N) is 1. The molecule has 0 heterocycles. The molecule has 2 fully saturated rings. The first-order valence-corrected chi connectivity index (χ1v) is 4.79. The summed E-state index contributed by atoms with van der Waals surface area (Å²) in [7, 11) is 0. The lowest BCUT2D eigenvalue weighted by molar-refractivity contribution is 0.181. The lowest BCUT2D eigenvalue weighted by Gasteiger charge is -2.29. The normalized spacial score (nSPS) is 27.5. The van der Waals surface area contributed by atoms with E-state index < -0.39 is 0 Å². The van der Waals surface area contributed by atoms with Crippen molar-refractivity contribution in [2.75, 3.05) is 13.1 Å². The maximum absolute atomic E-state index is 5.77. The molecule has 0 saturated heterocycles. The van der Waals surface area contributed by atoms with Crippen molar-refractivity contribution < 1.29 is 0 Å². The molecule has 2 heteroatoms. The lowest BCUT2D eigenvalue weighted by atomic mass is 10.2. The summed E-state index contributed by atoms with van der Waals surface area (Å²) in [6, 6.07) is 0.894. The molecular weight excluding hydrogens is 136 g/mol. The second-order valence-corrected chi connectivity index (χ2v) is 3.95. The molecule has 2 aliphatic carbocycles. The molecule has 2 nitrogen and oxygen atoms in total. The van der Waals surface area contributed by atoms with Crippen molar-refractivity contribution >= 4 is 0 Å². The van der Waals surface area contributed by atoms with E-state index >= 15 is 0 Å². The number of rotatable bonds is 4. The van der Waals surface area contributed by atoms with Gasteiger partial charge >= 0.3 is 0 Å². The zero-order chi connectivity index (χ0) is 7.90. The van der Waals surface area contributed by atoms with Gasteiger partial charge < -0.3 is 5.73 Å². The van der Waals surface area contributed by atoms with Gasteiger partial charge in [0.15, 0.2) is 0 Å². The molecule has 0 atom stereocenters. The molecule has 0 amide bonds. The first-order chi connectivity index (χ1) is 5.32. The minimum atomic E-state index is 0.454. The van der Waals surface area contributed by atoms with E-state index in [1.807, 2.05) is 0 Å². The lowest BCUT2D eigenvalue weighted by Crippen LogP contribution is -2.44. The minimum Gasteiger partial charge on any atom is -0.329 e. The zero-order valence-corrected chi connectivity index (χ0v) is 7.34. The van der Waals surface area contributed by atoms with Crippen LogP contribution in [-0.4, -0.2) is 29.6 Å². The Morgan fingerprint density at radius 3 is 2.36 bits per heavy atom. The standard InChI is InChI=1S/C9H18N2/c1-2-11(8-3-4-8)9(7-10)5-6-9/h8H,2-7,10H2,1H3. The second kappa shape index (κ2) is 2.46. The van der Waals surface area contributed by atoms with E-state index in [1.54, 1.807) is 0 Å². The van der Waals surface area contributed by atoms with Gasteiger partial charge in [0, 0.05) is 18.1 Å². The molecule has 0 spiro atoms. The molecular formula is C9H18N2. The van der Waals surface area contributed by atoms with Crippen LogP contribution in [0.3, 0.4) is 0 Å². The Morgan fingerprint density at radius 1 is 1.45 bits per heavy atom. The Morgan fingerprint density at radius 2 is 2.09 bits per heavy atom. The van der Waals surface area contributed by atoms with Gasteiger partial charge in [-0.1, -0.05) is 6.92 Å². The number of likely N-dealkylation sites (N-methyl/N-ethyl adjacent to an activating group) is 1. The zero-order valence-electron chi connectivity index (χ0n) is 7.34. The van der Waals surface area contributed by atoms with E-state index in [0.717, 1.165) is 12.6 Å². The van der Waals surface area contributed by atoms with Crippen molar-refractivity contribution in [2.45, 2.75) is 44.2 Å². The maximum Gasteiger partial charge on any atom is 0.0335 e. The first kappa shape index (κ1) is 7.56. The Kier molecular flexibility index (Phi) is 1.69. The fraction of sp³-hybridized carbons (Fsp3) is 1.00. The first-order valence-electron chi connectivity index (χ1n) is 4.79. The van der Waals surface area contributed by atoms with Gasteiger partial charge in [-0.15, -0.1) is 0 Å². The van der Waals surface area contributed by atoms with Crippen LogP contribution in [0.2, 0.25) is 0 Å². The third-order valence-corrected chi connectivity index (χ3v) is 3.14. The predicted molar refractivity (Wildman–Crippen MR) is 46.4 cm³/mol. The van der Waals surface area contributed by atoms with Crippen molar-refractivity contribution in [2.24, 2.45) is 5.73 Å². The minimum absolute atomic E-state index is 0.454. The van der Waals surface area contributed by atoms with Gasteiger partial charge in [-0.2, -0.15) is 0 Å². The SMILES string of the molecule is CCN(C1CC1)C1(CN)CC1. The number of nitrogens with two attached hydrogens (primary N) is 1. The quantitative estimate of drug-likeness (QED) is 0.653. The van der Waals surface area contributed by atoms with E-state index in [-0.39, 0.29) is 0 Å². The van der Waals surface area contributed by atoms with Crippen LogP contribution < -0.4 is 5.73 Å². The van der Waals surface area contributed by atoms with Crippen LogP contribution in [0.15, 0.2) is 0 Å². The summed E-state index contributed by atoms with van der Waals surface area (Å²) in [6.07, 6.45) is 5.51. The molecule has 2 N–H and O–H groups in total. The van der Waals surface area contributed by atoms with Gasteiger partial charge in [0.1, 0.15) is 0 Å². The van der Waals surface area contributed by atoms with Crippen molar-refractivity contribution in [3.05, 3.63) is 0 Å².